The molecule has 6 aromatic rings. The van der Waals surface area contributed by atoms with E-state index in [1.165, 1.54) is 9.80 Å². The Labute approximate surface area is 364 Å². The van der Waals surface area contributed by atoms with Crippen molar-refractivity contribution in [2.24, 2.45) is 11.5 Å². The summed E-state index contributed by atoms with van der Waals surface area (Å²) < 4.78 is 6.40. The van der Waals surface area contributed by atoms with E-state index in [9.17, 15) is 28.8 Å². The molecule has 4 amide bonds. The number of amides is 4. The van der Waals surface area contributed by atoms with Gasteiger partial charge in [-0.25, -0.2) is 9.59 Å². The molecule has 3 heterocycles. The molecule has 12 nitrogen and oxygen atoms in total. The van der Waals surface area contributed by atoms with E-state index < -0.39 is 11.9 Å². The van der Waals surface area contributed by atoms with Gasteiger partial charge in [-0.3, -0.25) is 29.0 Å². The summed E-state index contributed by atoms with van der Waals surface area (Å²) in [4.78, 5) is 74.9. The number of nitrogens with one attached hydrogen (secondary N) is 1. The molecule has 0 unspecified atom stereocenters. The molecule has 0 atom stereocenters. The number of hydrogen-bond acceptors (Lipinski definition) is 10. The number of nitrogens with zero attached hydrogens (tertiary/aromatic N) is 2. The molecule has 60 heavy (non-hydrogen) atoms. The predicted molar refractivity (Wildman–Crippen MR) is 243 cm³/mol. The lowest BCUT2D eigenvalue weighted by Gasteiger charge is -2.26. The summed E-state index contributed by atoms with van der Waals surface area (Å²) in [6.45, 7) is 12.5. The van der Waals surface area contributed by atoms with Crippen LogP contribution in [0.15, 0.2) is 99.9 Å². The Balaban J connectivity index is 0.000000161. The second-order valence-corrected chi connectivity index (χ2v) is 15.0. The number of anilines is 1. The first kappa shape index (κ1) is 45.3. The number of rotatable bonds is 4. The number of carbonyl (C=O) groups excluding carboxylic acids is 6. The smallest absolute Gasteiger partial charge is 0.346 e. The Morgan fingerprint density at radius 2 is 0.817 bits per heavy atom. The normalized spacial score (nSPS) is 13.3. The molecule has 0 saturated heterocycles. The molecule has 5 N–H and O–H groups in total. The molecule has 310 valence electrons. The molecular weight excluding hydrogens is 894 g/mol. The van der Waals surface area contributed by atoms with Gasteiger partial charge in [-0.2, -0.15) is 0 Å². The number of halogens is 2. The Morgan fingerprint density at radius 3 is 1.25 bits per heavy atom. The lowest BCUT2D eigenvalue weighted by Crippen LogP contribution is -2.40. The van der Waals surface area contributed by atoms with Gasteiger partial charge in [0.1, 0.15) is 0 Å². The van der Waals surface area contributed by atoms with Crippen molar-refractivity contribution >= 4 is 105 Å². The monoisotopic (exact) mass is 937 g/mol. The predicted octanol–water partition coefficient (Wildman–Crippen LogP) is 8.95. The molecule has 3 aliphatic heterocycles. The first-order valence-electron chi connectivity index (χ1n) is 19.5. The summed E-state index contributed by atoms with van der Waals surface area (Å²) in [5.41, 5.74) is 14.0. The van der Waals surface area contributed by atoms with Crippen LogP contribution in [0.4, 0.5) is 5.69 Å². The van der Waals surface area contributed by atoms with Gasteiger partial charge in [0.25, 0.3) is 23.6 Å². The number of hydrogen-bond donors (Lipinski definition) is 3. The minimum atomic E-state index is -0.582. The van der Waals surface area contributed by atoms with Gasteiger partial charge in [0.15, 0.2) is 0 Å². The maximum Gasteiger partial charge on any atom is 0.346 e. The highest BCUT2D eigenvalue weighted by atomic mass is 79.9. The fourth-order valence-corrected chi connectivity index (χ4v) is 8.01. The average molecular weight is 940 g/mol. The second-order valence-electron chi connectivity index (χ2n) is 13.3. The maximum absolute atomic E-state index is 12.4. The van der Waals surface area contributed by atoms with E-state index in [0.29, 0.717) is 51.9 Å². The molecular formula is C46H45Br2N5O7. The van der Waals surface area contributed by atoms with E-state index in [1.54, 1.807) is 55.5 Å². The topological polar surface area (TPSA) is 182 Å². The molecule has 3 aliphatic rings. The zero-order valence-electron chi connectivity index (χ0n) is 33.9. The van der Waals surface area contributed by atoms with Crippen LogP contribution in [0.2, 0.25) is 0 Å². The fraction of sp³-hybridized carbons (Fsp3) is 0.217. The molecule has 14 heteroatoms. The molecule has 0 aromatic heterocycles. The van der Waals surface area contributed by atoms with Gasteiger partial charge >= 0.3 is 11.9 Å². The zero-order valence-corrected chi connectivity index (χ0v) is 37.0. The summed E-state index contributed by atoms with van der Waals surface area (Å²) in [5.74, 6) is -1.99. The number of esters is 2. The van der Waals surface area contributed by atoms with Crippen molar-refractivity contribution < 1.29 is 33.5 Å². The van der Waals surface area contributed by atoms with Crippen molar-refractivity contribution in [1.29, 1.82) is 0 Å². The molecule has 0 fully saturated rings. The first-order valence-corrected chi connectivity index (χ1v) is 21.0. The summed E-state index contributed by atoms with van der Waals surface area (Å²) in [5, 5.41) is 8.14. The highest BCUT2D eigenvalue weighted by molar-refractivity contribution is 9.11. The summed E-state index contributed by atoms with van der Waals surface area (Å²) in [6.07, 6.45) is 0. The molecule has 0 radical (unpaired) electrons. The van der Waals surface area contributed by atoms with Crippen LogP contribution in [-0.4, -0.2) is 78.1 Å². The van der Waals surface area contributed by atoms with Crippen LogP contribution in [0.5, 0.6) is 0 Å². The third-order valence-corrected chi connectivity index (χ3v) is 10.9. The number of imide groups is 2. The van der Waals surface area contributed by atoms with E-state index >= 15 is 0 Å². The molecule has 0 bridgehead atoms. The SMILES string of the molecule is CCN.CCN.CCN1C(=O)c2cccc3c(Br)ccc(c23)C1=O.CCNc1ccc2c3c(cccc13)C(=O)N(CC)C2=O.O=C1OC(=O)c2ccc(Br)c3cccc1c23. The molecule has 0 spiro atoms. The van der Waals surface area contributed by atoms with Crippen molar-refractivity contribution in [2.75, 3.05) is 38.0 Å². The number of carbonyl (C=O) groups is 6. The van der Waals surface area contributed by atoms with Gasteiger partial charge in [-0.1, -0.05) is 82.1 Å². The maximum atomic E-state index is 12.4. The number of cyclic esters (lactones) is 2. The minimum Gasteiger partial charge on any atom is -0.386 e. The quantitative estimate of drug-likeness (QED) is 0.0877. The standard InChI is InChI=1S/C16H16N2O2.C14H10BrNO2.C12H5BrO3.2C2H7N/c1-3-17-13-9-8-12-14-10(13)6-5-7-11(14)15(19)18(4-2)16(12)20;1-2-16-13(17)9-5-3-4-8-11(15)7-6-10(12(8)9)14(16)18;13-9-5-4-8-10-6(9)2-1-3-7(10)11(14)16-12(8)15;2*1-2-3/h5-9,17H,3-4H2,1-2H3;3-7H,2H2,1H3;1-5H;2*2-3H2,1H3. The van der Waals surface area contributed by atoms with Crippen molar-refractivity contribution in [3.05, 3.63) is 133 Å². The van der Waals surface area contributed by atoms with Gasteiger partial charge in [0.05, 0.1) is 11.1 Å². The third kappa shape index (κ3) is 8.59. The largest absolute Gasteiger partial charge is 0.386 e. The van der Waals surface area contributed by atoms with Gasteiger partial charge in [-0.15, -0.1) is 0 Å². The van der Waals surface area contributed by atoms with Crippen molar-refractivity contribution in [2.45, 2.75) is 34.6 Å². The molecule has 6 aromatic carbocycles. The Kier molecular flexibility index (Phi) is 15.1. The zero-order chi connectivity index (χ0) is 43.8. The summed E-state index contributed by atoms with van der Waals surface area (Å²) >= 11 is 6.85. The Hall–Kier alpha value is -5.80. The van der Waals surface area contributed by atoms with Crippen LogP contribution in [0.3, 0.4) is 0 Å². The lowest BCUT2D eigenvalue weighted by atomic mass is 9.93. The van der Waals surface area contributed by atoms with Crippen molar-refractivity contribution in [3.8, 4) is 0 Å². The van der Waals surface area contributed by atoms with Gasteiger partial charge in [0, 0.05) is 78.1 Å². The Bertz CT molecular complexity index is 2620. The van der Waals surface area contributed by atoms with E-state index in [1.807, 2.05) is 70.2 Å². The molecule has 9 rings (SSSR count). The summed E-state index contributed by atoms with van der Waals surface area (Å²) in [6, 6.07) is 27.2. The van der Waals surface area contributed by atoms with Crippen molar-refractivity contribution in [1.82, 2.24) is 9.80 Å². The lowest BCUT2D eigenvalue weighted by molar-refractivity contribution is 0.0389. The van der Waals surface area contributed by atoms with E-state index in [2.05, 4.69) is 41.9 Å². The van der Waals surface area contributed by atoms with Gasteiger partial charge in [-0.05, 0) is 99.2 Å². The highest BCUT2D eigenvalue weighted by Crippen LogP contribution is 2.36. The number of benzene rings is 6. The molecule has 0 aliphatic carbocycles. The van der Waals surface area contributed by atoms with Crippen LogP contribution >= 0.6 is 31.9 Å². The van der Waals surface area contributed by atoms with Crippen LogP contribution in [0.25, 0.3) is 32.3 Å². The van der Waals surface area contributed by atoms with Crippen molar-refractivity contribution in [3.63, 3.8) is 0 Å². The van der Waals surface area contributed by atoms with Gasteiger partial charge in [0.2, 0.25) is 0 Å². The number of ether oxygens (including phenoxy) is 1. The van der Waals surface area contributed by atoms with E-state index in [0.717, 1.165) is 61.2 Å². The van der Waals surface area contributed by atoms with Crippen LogP contribution in [-0.2, 0) is 4.74 Å². The van der Waals surface area contributed by atoms with E-state index in [4.69, 9.17) is 11.5 Å². The highest BCUT2D eigenvalue weighted by Gasteiger charge is 2.33. The summed E-state index contributed by atoms with van der Waals surface area (Å²) in [7, 11) is 0. The Morgan fingerprint density at radius 1 is 0.483 bits per heavy atom. The van der Waals surface area contributed by atoms with E-state index in [-0.39, 0.29) is 23.6 Å². The van der Waals surface area contributed by atoms with Crippen LogP contribution in [0.1, 0.15) is 96.8 Å². The van der Waals surface area contributed by atoms with Crippen LogP contribution in [0, 0.1) is 0 Å². The average Bonchev–Trinajstić information content (AvgIpc) is 3.24. The minimum absolute atomic E-state index is 0.204. The third-order valence-electron chi connectivity index (χ3n) is 9.54. The number of nitrogens with two attached hydrogens (primary N) is 2. The van der Waals surface area contributed by atoms with Gasteiger partial charge < -0.3 is 21.5 Å². The first-order chi connectivity index (χ1) is 28.8. The van der Waals surface area contributed by atoms with Crippen LogP contribution < -0.4 is 16.8 Å². The second kappa shape index (κ2) is 20.0. The molecule has 0 saturated carbocycles. The fourth-order valence-electron chi connectivity index (χ4n) is 7.08.